The average molecular weight is 487 g/mol. The van der Waals surface area contributed by atoms with Gasteiger partial charge in [0.1, 0.15) is 19.7 Å². The van der Waals surface area contributed by atoms with Crippen LogP contribution in [0.3, 0.4) is 0 Å². The normalized spacial score (nSPS) is 12.5. The Kier molecular flexibility index (Phi) is 13.0. The summed E-state index contributed by atoms with van der Waals surface area (Å²) in [7, 11) is -4.78. The highest BCUT2D eigenvalue weighted by Gasteiger charge is 2.22. The Balaban J connectivity index is 0. The number of methoxy groups -OCH3 is 1. The molecule has 9 nitrogen and oxygen atoms in total. The third-order valence-electron chi connectivity index (χ3n) is 3.67. The van der Waals surface area contributed by atoms with Crippen LogP contribution >= 0.6 is 0 Å². The van der Waals surface area contributed by atoms with Gasteiger partial charge in [-0.1, -0.05) is 41.5 Å². The van der Waals surface area contributed by atoms with E-state index in [0.29, 0.717) is 13.1 Å². The summed E-state index contributed by atoms with van der Waals surface area (Å²) < 4.78 is 48.7. The average Bonchev–Trinajstić information content (AvgIpc) is 2.51. The number of rotatable bonds is 8. The lowest BCUT2D eigenvalue weighted by atomic mass is 9.96. The summed E-state index contributed by atoms with van der Waals surface area (Å²) in [6.07, 6.45) is 1.85. The van der Waals surface area contributed by atoms with E-state index in [0.717, 1.165) is 6.26 Å². The summed E-state index contributed by atoms with van der Waals surface area (Å²) in [4.78, 5) is 25.7. The van der Waals surface area contributed by atoms with Crippen LogP contribution in [0, 0.1) is 10.8 Å². The molecule has 0 saturated carbocycles. The molecule has 2 amide bonds. The smallest absolute Gasteiger partial charge is 0.409 e. The van der Waals surface area contributed by atoms with E-state index in [1.807, 2.05) is 41.5 Å². The van der Waals surface area contributed by atoms with E-state index in [-0.39, 0.29) is 41.3 Å². The Hall–Kier alpha value is -1.36. The lowest BCUT2D eigenvalue weighted by Gasteiger charge is -2.28. The molecule has 11 heteroatoms. The van der Waals surface area contributed by atoms with E-state index in [1.165, 1.54) is 25.2 Å². The molecular formula is C20H42N2O7S2. The lowest BCUT2D eigenvalue weighted by molar-refractivity contribution is -0.129. The lowest BCUT2D eigenvalue weighted by Crippen LogP contribution is -2.40. The molecule has 0 fully saturated rings. The highest BCUT2D eigenvalue weighted by atomic mass is 32.2. The van der Waals surface area contributed by atoms with Gasteiger partial charge in [-0.15, -0.1) is 0 Å². The van der Waals surface area contributed by atoms with Gasteiger partial charge in [0.05, 0.1) is 18.6 Å². The standard InChI is InChI=1S/C10H21NO4S.C10H21NO3S/c1-10(2,3)8-11(9(12)15-4)6-7-16(5,13)14;1-9(12)11(8-10(2,3)4)6-7-15(5,13)14/h6-8H2,1-5H3;6-8H2,1-5H3. The zero-order valence-electron chi connectivity index (χ0n) is 20.8. The van der Waals surface area contributed by atoms with Gasteiger partial charge in [-0.3, -0.25) is 4.79 Å². The van der Waals surface area contributed by atoms with E-state index in [1.54, 1.807) is 4.90 Å². The number of ether oxygens (including phenoxy) is 1. The monoisotopic (exact) mass is 486 g/mol. The third-order valence-corrected chi connectivity index (χ3v) is 5.52. The molecule has 0 heterocycles. The van der Waals surface area contributed by atoms with E-state index in [2.05, 4.69) is 4.74 Å². The molecule has 0 saturated heterocycles. The summed E-state index contributed by atoms with van der Waals surface area (Å²) >= 11 is 0. The van der Waals surface area contributed by atoms with Crippen LogP contribution in [0.4, 0.5) is 4.79 Å². The quantitative estimate of drug-likeness (QED) is 0.515. The van der Waals surface area contributed by atoms with Gasteiger partial charge in [0, 0.05) is 45.6 Å². The molecule has 31 heavy (non-hydrogen) atoms. The van der Waals surface area contributed by atoms with Crippen molar-refractivity contribution in [3.8, 4) is 0 Å². The molecule has 0 rings (SSSR count). The van der Waals surface area contributed by atoms with Crippen molar-refractivity contribution in [2.75, 3.05) is 57.3 Å². The molecular weight excluding hydrogens is 444 g/mol. The Morgan fingerprint density at radius 2 is 1.06 bits per heavy atom. The van der Waals surface area contributed by atoms with Crippen molar-refractivity contribution in [1.29, 1.82) is 0 Å². The van der Waals surface area contributed by atoms with Crippen molar-refractivity contribution in [2.45, 2.75) is 48.5 Å². The molecule has 0 aliphatic heterocycles. The summed E-state index contributed by atoms with van der Waals surface area (Å²) in [5.74, 6) is -0.0884. The maximum atomic E-state index is 11.4. The Morgan fingerprint density at radius 1 is 0.742 bits per heavy atom. The van der Waals surface area contributed by atoms with Gasteiger partial charge in [0.15, 0.2) is 0 Å². The van der Waals surface area contributed by atoms with Gasteiger partial charge in [-0.05, 0) is 10.8 Å². The van der Waals surface area contributed by atoms with Gasteiger partial charge < -0.3 is 14.5 Å². The van der Waals surface area contributed by atoms with Gasteiger partial charge in [-0.25, -0.2) is 21.6 Å². The fraction of sp³-hybridized carbons (Fsp3) is 0.900. The molecule has 186 valence electrons. The molecule has 0 aliphatic rings. The van der Waals surface area contributed by atoms with Gasteiger partial charge >= 0.3 is 6.09 Å². The van der Waals surface area contributed by atoms with Crippen LogP contribution in [-0.4, -0.2) is 95.9 Å². The fourth-order valence-electron chi connectivity index (χ4n) is 2.41. The molecule has 0 N–H and O–H groups in total. The molecule has 0 aromatic heterocycles. The highest BCUT2D eigenvalue weighted by molar-refractivity contribution is 7.90. The number of hydrogen-bond acceptors (Lipinski definition) is 7. The number of nitrogens with zero attached hydrogens (tertiary/aromatic N) is 2. The van der Waals surface area contributed by atoms with Crippen molar-refractivity contribution in [3.63, 3.8) is 0 Å². The van der Waals surface area contributed by atoms with Crippen molar-refractivity contribution in [3.05, 3.63) is 0 Å². The van der Waals surface area contributed by atoms with Crippen LogP contribution in [0.25, 0.3) is 0 Å². The number of carbonyl (C=O) groups excluding carboxylic acids is 2. The maximum absolute atomic E-state index is 11.4. The minimum atomic E-state index is -3.07. The van der Waals surface area contributed by atoms with E-state index >= 15 is 0 Å². The Morgan fingerprint density at radius 3 is 1.32 bits per heavy atom. The number of carbonyl (C=O) groups is 2. The minimum Gasteiger partial charge on any atom is -0.453 e. The van der Waals surface area contributed by atoms with E-state index in [9.17, 15) is 26.4 Å². The summed E-state index contributed by atoms with van der Waals surface area (Å²) in [5.41, 5.74) is -0.102. The number of hydrogen-bond donors (Lipinski definition) is 0. The zero-order chi connectivity index (χ0) is 25.3. The number of sulfone groups is 2. The molecule has 0 aliphatic carbocycles. The SMILES string of the molecule is CC(=O)N(CCS(C)(=O)=O)CC(C)(C)C.COC(=O)N(CCS(C)(=O)=O)CC(C)(C)C. The zero-order valence-corrected chi connectivity index (χ0v) is 22.4. The molecule has 0 atom stereocenters. The van der Waals surface area contributed by atoms with Crippen LogP contribution < -0.4 is 0 Å². The van der Waals surface area contributed by atoms with Crippen LogP contribution in [0.1, 0.15) is 48.5 Å². The maximum Gasteiger partial charge on any atom is 0.409 e. The summed E-state index contributed by atoms with van der Waals surface area (Å²) in [5, 5.41) is 0. The molecule has 0 bridgehead atoms. The minimum absolute atomic E-state index is 0.0107. The first-order valence-electron chi connectivity index (χ1n) is 10.0. The number of amides is 2. The van der Waals surface area contributed by atoms with E-state index in [4.69, 9.17) is 0 Å². The van der Waals surface area contributed by atoms with E-state index < -0.39 is 25.8 Å². The summed E-state index contributed by atoms with van der Waals surface area (Å²) in [6, 6.07) is 0. The second kappa shape index (κ2) is 12.6. The predicted octanol–water partition coefficient (Wildman–Crippen LogP) is 2.07. The fourth-order valence-corrected chi connectivity index (χ4v) is 3.51. The molecule has 0 radical (unpaired) electrons. The van der Waals surface area contributed by atoms with Gasteiger partial charge in [0.25, 0.3) is 0 Å². The van der Waals surface area contributed by atoms with Crippen molar-refractivity contribution in [1.82, 2.24) is 9.80 Å². The Labute approximate surface area is 189 Å². The topological polar surface area (TPSA) is 118 Å². The van der Waals surface area contributed by atoms with Crippen molar-refractivity contribution in [2.24, 2.45) is 10.8 Å². The molecule has 0 spiro atoms. The van der Waals surface area contributed by atoms with Crippen LogP contribution in [0.2, 0.25) is 0 Å². The molecule has 0 aromatic carbocycles. The second-order valence-corrected chi connectivity index (χ2v) is 14.7. The highest BCUT2D eigenvalue weighted by Crippen LogP contribution is 2.16. The predicted molar refractivity (Wildman–Crippen MR) is 125 cm³/mol. The first-order chi connectivity index (χ1) is 13.6. The van der Waals surface area contributed by atoms with Crippen LogP contribution in [-0.2, 0) is 29.2 Å². The largest absolute Gasteiger partial charge is 0.453 e. The van der Waals surface area contributed by atoms with Crippen molar-refractivity contribution < 1.29 is 31.2 Å². The first-order valence-corrected chi connectivity index (χ1v) is 14.1. The van der Waals surface area contributed by atoms with Crippen LogP contribution in [0.15, 0.2) is 0 Å². The third kappa shape index (κ3) is 21.7. The molecule has 0 aromatic rings. The van der Waals surface area contributed by atoms with Gasteiger partial charge in [0.2, 0.25) is 5.91 Å². The van der Waals surface area contributed by atoms with Crippen LogP contribution in [0.5, 0.6) is 0 Å². The Bertz CT molecular complexity index is 777. The second-order valence-electron chi connectivity index (χ2n) is 10.2. The summed E-state index contributed by atoms with van der Waals surface area (Å²) in [6.45, 7) is 14.9. The van der Waals surface area contributed by atoms with Gasteiger partial charge in [-0.2, -0.15) is 0 Å². The van der Waals surface area contributed by atoms with Crippen molar-refractivity contribution >= 4 is 31.7 Å². The first kappa shape index (κ1) is 31.8. The molecule has 0 unspecified atom stereocenters.